The molecule has 120 valence electrons. The number of nitrogens with zero attached hydrogens (tertiary/aromatic N) is 2. The number of anilines is 1. The van der Waals surface area contributed by atoms with Crippen molar-refractivity contribution in [3.05, 3.63) is 33.9 Å². The summed E-state index contributed by atoms with van der Waals surface area (Å²) in [5.74, 6) is -0.116. The molecule has 1 heterocycles. The summed E-state index contributed by atoms with van der Waals surface area (Å²) in [6.07, 6.45) is 0.381. The molecule has 0 radical (unpaired) electrons. The number of benzene rings is 1. The standard InChI is InChI=1S/C15H22N4O3/c1-11-3-4-13(19(21)22)9-14(11)17-15(20)5-7-18-8-6-16-10-12(18)2/h3-4,9,12,16H,5-8,10H2,1-2H3,(H,17,20)/t12-/m0/s1. The third-order valence-corrected chi connectivity index (χ3v) is 3.97. The molecule has 0 saturated carbocycles. The lowest BCUT2D eigenvalue weighted by molar-refractivity contribution is -0.384. The number of amides is 1. The van der Waals surface area contributed by atoms with E-state index in [1.807, 2.05) is 6.92 Å². The van der Waals surface area contributed by atoms with Crippen molar-refractivity contribution >= 4 is 17.3 Å². The molecule has 0 bridgehead atoms. The van der Waals surface area contributed by atoms with Crippen LogP contribution in [0.3, 0.4) is 0 Å². The molecule has 0 spiro atoms. The Bertz CT molecular complexity index is 562. The molecule has 0 unspecified atom stereocenters. The normalized spacial score (nSPS) is 18.9. The van der Waals surface area contributed by atoms with Crippen LogP contribution in [0.1, 0.15) is 18.9 Å². The lowest BCUT2D eigenvalue weighted by Gasteiger charge is -2.33. The van der Waals surface area contributed by atoms with Gasteiger partial charge in [0, 0.05) is 50.8 Å². The van der Waals surface area contributed by atoms with E-state index in [2.05, 4.69) is 22.5 Å². The summed E-state index contributed by atoms with van der Waals surface area (Å²) in [5, 5.41) is 16.9. The fourth-order valence-electron chi connectivity index (χ4n) is 2.53. The monoisotopic (exact) mass is 306 g/mol. The Morgan fingerprint density at radius 1 is 1.55 bits per heavy atom. The molecule has 1 saturated heterocycles. The average molecular weight is 306 g/mol. The van der Waals surface area contributed by atoms with Crippen molar-refractivity contribution in [1.29, 1.82) is 0 Å². The fraction of sp³-hybridized carbons (Fsp3) is 0.533. The summed E-state index contributed by atoms with van der Waals surface area (Å²) in [6.45, 7) is 7.46. The molecule has 0 aliphatic carbocycles. The topological polar surface area (TPSA) is 87.5 Å². The second kappa shape index (κ2) is 7.33. The molecule has 0 aromatic heterocycles. The minimum Gasteiger partial charge on any atom is -0.326 e. The van der Waals surface area contributed by atoms with Crippen molar-refractivity contribution in [2.45, 2.75) is 26.3 Å². The number of carbonyl (C=O) groups excluding carboxylic acids is 1. The zero-order valence-corrected chi connectivity index (χ0v) is 13.0. The van der Waals surface area contributed by atoms with E-state index in [0.29, 0.717) is 24.7 Å². The number of non-ortho nitro benzene ring substituents is 1. The van der Waals surface area contributed by atoms with Gasteiger partial charge >= 0.3 is 0 Å². The predicted molar refractivity (Wildman–Crippen MR) is 85.0 cm³/mol. The quantitative estimate of drug-likeness (QED) is 0.636. The highest BCUT2D eigenvalue weighted by atomic mass is 16.6. The Balaban J connectivity index is 1.91. The first-order valence-electron chi connectivity index (χ1n) is 7.47. The molecule has 1 atom stereocenters. The number of nitrogens with one attached hydrogen (secondary N) is 2. The second-order valence-corrected chi connectivity index (χ2v) is 5.64. The predicted octanol–water partition coefficient (Wildman–Crippen LogP) is 1.53. The van der Waals surface area contributed by atoms with Crippen molar-refractivity contribution < 1.29 is 9.72 Å². The summed E-state index contributed by atoms with van der Waals surface area (Å²) < 4.78 is 0. The van der Waals surface area contributed by atoms with Crippen LogP contribution < -0.4 is 10.6 Å². The number of hydrogen-bond donors (Lipinski definition) is 2. The van der Waals surface area contributed by atoms with Crippen molar-refractivity contribution in [2.24, 2.45) is 0 Å². The maximum absolute atomic E-state index is 12.1. The number of nitro groups is 1. The molecule has 7 nitrogen and oxygen atoms in total. The molecule has 1 aliphatic rings. The summed E-state index contributed by atoms with van der Waals surface area (Å²) >= 11 is 0. The lowest BCUT2D eigenvalue weighted by atomic mass is 10.1. The number of aryl methyl sites for hydroxylation is 1. The van der Waals surface area contributed by atoms with Gasteiger partial charge in [0.15, 0.2) is 0 Å². The molecule has 1 aliphatic heterocycles. The van der Waals surface area contributed by atoms with Gasteiger partial charge in [-0.1, -0.05) is 6.07 Å². The average Bonchev–Trinajstić information content (AvgIpc) is 2.48. The van der Waals surface area contributed by atoms with Gasteiger partial charge in [0.05, 0.1) is 10.6 Å². The third-order valence-electron chi connectivity index (χ3n) is 3.97. The molecule has 1 amide bonds. The van der Waals surface area contributed by atoms with E-state index < -0.39 is 4.92 Å². The molecule has 1 fully saturated rings. The SMILES string of the molecule is Cc1ccc([N+](=O)[O-])cc1NC(=O)CCN1CCNC[C@@H]1C. The first-order valence-corrected chi connectivity index (χ1v) is 7.47. The molecule has 2 rings (SSSR count). The number of carbonyl (C=O) groups is 1. The van der Waals surface area contributed by atoms with Crippen molar-refractivity contribution in [3.63, 3.8) is 0 Å². The van der Waals surface area contributed by atoms with Crippen LogP contribution in [0, 0.1) is 17.0 Å². The van der Waals surface area contributed by atoms with Gasteiger partial charge < -0.3 is 10.6 Å². The van der Waals surface area contributed by atoms with Gasteiger partial charge in [0.25, 0.3) is 5.69 Å². The molecule has 1 aromatic carbocycles. The fourth-order valence-corrected chi connectivity index (χ4v) is 2.53. The minimum atomic E-state index is -0.461. The minimum absolute atomic E-state index is 0.0170. The van der Waals surface area contributed by atoms with E-state index in [0.717, 1.165) is 25.2 Å². The Morgan fingerprint density at radius 3 is 3.00 bits per heavy atom. The highest BCUT2D eigenvalue weighted by Gasteiger charge is 2.18. The van der Waals surface area contributed by atoms with Crippen molar-refractivity contribution in [2.75, 3.05) is 31.5 Å². The number of nitro benzene ring substituents is 1. The molecular formula is C15H22N4O3. The van der Waals surface area contributed by atoms with E-state index in [1.165, 1.54) is 12.1 Å². The van der Waals surface area contributed by atoms with Crippen LogP contribution in [0.15, 0.2) is 18.2 Å². The van der Waals surface area contributed by atoms with Crippen LogP contribution in [0.5, 0.6) is 0 Å². The summed E-state index contributed by atoms with van der Waals surface area (Å²) in [7, 11) is 0. The van der Waals surface area contributed by atoms with Crippen molar-refractivity contribution in [3.8, 4) is 0 Å². The number of rotatable bonds is 5. The van der Waals surface area contributed by atoms with Crippen LogP contribution in [0.25, 0.3) is 0 Å². The van der Waals surface area contributed by atoms with Gasteiger partial charge in [-0.2, -0.15) is 0 Å². The van der Waals surface area contributed by atoms with E-state index in [-0.39, 0.29) is 11.6 Å². The van der Waals surface area contributed by atoms with Crippen LogP contribution in [-0.4, -0.2) is 48.0 Å². The molecule has 2 N–H and O–H groups in total. The molecule has 7 heteroatoms. The third kappa shape index (κ3) is 4.25. The van der Waals surface area contributed by atoms with E-state index in [4.69, 9.17) is 0 Å². The second-order valence-electron chi connectivity index (χ2n) is 5.64. The maximum Gasteiger partial charge on any atom is 0.271 e. The lowest BCUT2D eigenvalue weighted by Crippen LogP contribution is -2.50. The Kier molecular flexibility index (Phi) is 5.46. The highest BCUT2D eigenvalue weighted by Crippen LogP contribution is 2.22. The molecule has 1 aromatic rings. The van der Waals surface area contributed by atoms with E-state index in [9.17, 15) is 14.9 Å². The summed E-state index contributed by atoms with van der Waals surface area (Å²) in [6, 6.07) is 4.90. The maximum atomic E-state index is 12.1. The van der Waals surface area contributed by atoms with Crippen molar-refractivity contribution in [1.82, 2.24) is 10.2 Å². The van der Waals surface area contributed by atoms with Crippen LogP contribution in [0.2, 0.25) is 0 Å². The van der Waals surface area contributed by atoms with E-state index in [1.54, 1.807) is 6.07 Å². The van der Waals surface area contributed by atoms with E-state index >= 15 is 0 Å². The summed E-state index contributed by atoms with van der Waals surface area (Å²) in [4.78, 5) is 24.7. The Morgan fingerprint density at radius 2 is 2.32 bits per heavy atom. The summed E-state index contributed by atoms with van der Waals surface area (Å²) in [5.41, 5.74) is 1.30. The molecule has 22 heavy (non-hydrogen) atoms. The largest absolute Gasteiger partial charge is 0.326 e. The highest BCUT2D eigenvalue weighted by molar-refractivity contribution is 5.92. The smallest absolute Gasteiger partial charge is 0.271 e. The Hall–Kier alpha value is -1.99. The zero-order chi connectivity index (χ0) is 16.1. The van der Waals surface area contributed by atoms with Gasteiger partial charge in [0.1, 0.15) is 0 Å². The Labute approximate surface area is 129 Å². The van der Waals surface area contributed by atoms with Gasteiger partial charge in [-0.05, 0) is 19.4 Å². The van der Waals surface area contributed by atoms with Crippen LogP contribution >= 0.6 is 0 Å². The molecular weight excluding hydrogens is 284 g/mol. The number of hydrogen-bond acceptors (Lipinski definition) is 5. The van der Waals surface area contributed by atoms with Crippen LogP contribution in [0.4, 0.5) is 11.4 Å². The zero-order valence-electron chi connectivity index (χ0n) is 13.0. The van der Waals surface area contributed by atoms with Crippen LogP contribution in [-0.2, 0) is 4.79 Å². The first-order chi connectivity index (χ1) is 10.5. The van der Waals surface area contributed by atoms with Gasteiger partial charge in [-0.3, -0.25) is 19.8 Å². The number of piperazine rings is 1. The van der Waals surface area contributed by atoms with Gasteiger partial charge in [-0.15, -0.1) is 0 Å². The van der Waals surface area contributed by atoms with Gasteiger partial charge in [0.2, 0.25) is 5.91 Å². The van der Waals surface area contributed by atoms with Gasteiger partial charge in [-0.25, -0.2) is 0 Å². The first kappa shape index (κ1) is 16.4.